The summed E-state index contributed by atoms with van der Waals surface area (Å²) in [4.78, 5) is 10.6. The van der Waals surface area contributed by atoms with Gasteiger partial charge < -0.3 is 5.73 Å². The van der Waals surface area contributed by atoms with E-state index in [2.05, 4.69) is 15.9 Å². The third-order valence-electron chi connectivity index (χ3n) is 3.36. The van der Waals surface area contributed by atoms with Crippen molar-refractivity contribution in [2.75, 3.05) is 0 Å². The average Bonchev–Trinajstić information content (AvgIpc) is 2.45. The first-order valence-corrected chi connectivity index (χ1v) is 7.58. The van der Waals surface area contributed by atoms with Gasteiger partial charge in [-0.05, 0) is 37.0 Å². The van der Waals surface area contributed by atoms with Crippen molar-refractivity contribution in [2.24, 2.45) is 5.73 Å². The molecule has 1 atom stereocenters. The minimum atomic E-state index is -0.338. The topological polar surface area (TPSA) is 69.2 Å². The number of halogens is 1. The quantitative estimate of drug-likeness (QED) is 0.636. The first-order chi connectivity index (χ1) is 10.1. The molecule has 0 aliphatic heterocycles. The normalized spacial score (nSPS) is 12.1. The van der Waals surface area contributed by atoms with Gasteiger partial charge in [0.05, 0.1) is 4.92 Å². The molecule has 4 nitrogen and oxygen atoms in total. The molecule has 0 bridgehead atoms. The number of para-hydroxylation sites is 1. The van der Waals surface area contributed by atoms with Crippen LogP contribution in [0.3, 0.4) is 0 Å². The highest BCUT2D eigenvalue weighted by molar-refractivity contribution is 9.10. The summed E-state index contributed by atoms with van der Waals surface area (Å²) in [5, 5.41) is 11.0. The van der Waals surface area contributed by atoms with E-state index in [1.807, 2.05) is 30.3 Å². The van der Waals surface area contributed by atoms with Gasteiger partial charge in [0, 0.05) is 22.1 Å². The van der Waals surface area contributed by atoms with E-state index in [1.165, 1.54) is 11.6 Å². The van der Waals surface area contributed by atoms with Gasteiger partial charge in [-0.25, -0.2) is 0 Å². The van der Waals surface area contributed by atoms with Crippen molar-refractivity contribution in [1.82, 2.24) is 0 Å². The molecule has 0 aliphatic rings. The van der Waals surface area contributed by atoms with Crippen molar-refractivity contribution in [2.45, 2.75) is 25.3 Å². The van der Waals surface area contributed by atoms with Crippen LogP contribution >= 0.6 is 15.9 Å². The molecule has 0 spiro atoms. The molecule has 1 unspecified atom stereocenters. The summed E-state index contributed by atoms with van der Waals surface area (Å²) >= 11 is 3.44. The number of nitrogens with two attached hydrogens (primary N) is 1. The van der Waals surface area contributed by atoms with Crippen LogP contribution in [0, 0.1) is 10.1 Å². The van der Waals surface area contributed by atoms with Crippen molar-refractivity contribution in [3.05, 3.63) is 74.2 Å². The van der Waals surface area contributed by atoms with Crippen LogP contribution in [-0.2, 0) is 12.8 Å². The Morgan fingerprint density at radius 3 is 2.67 bits per heavy atom. The lowest BCUT2D eigenvalue weighted by Crippen LogP contribution is -2.23. The standard InChI is InChI=1S/C16H17BrN2O2/c17-14-6-3-4-12(10-14)11-15(18)9-8-13-5-1-2-7-16(13)19(20)21/h1-7,10,15H,8-9,11,18H2. The predicted octanol–water partition coefficient (Wildman–Crippen LogP) is 3.86. The first kappa shape index (κ1) is 15.7. The van der Waals surface area contributed by atoms with Gasteiger partial charge >= 0.3 is 0 Å². The summed E-state index contributed by atoms with van der Waals surface area (Å²) in [5.41, 5.74) is 8.23. The molecule has 5 heteroatoms. The van der Waals surface area contributed by atoms with E-state index in [0.717, 1.165) is 22.9 Å². The van der Waals surface area contributed by atoms with E-state index in [4.69, 9.17) is 5.73 Å². The van der Waals surface area contributed by atoms with Crippen LogP contribution < -0.4 is 5.73 Å². The maximum atomic E-state index is 11.0. The van der Waals surface area contributed by atoms with Crippen LogP contribution in [0.1, 0.15) is 17.5 Å². The summed E-state index contributed by atoms with van der Waals surface area (Å²) < 4.78 is 1.03. The second-order valence-electron chi connectivity index (χ2n) is 5.02. The minimum Gasteiger partial charge on any atom is -0.327 e. The van der Waals surface area contributed by atoms with E-state index < -0.39 is 0 Å². The molecule has 110 valence electrons. The van der Waals surface area contributed by atoms with Crippen LogP contribution in [0.2, 0.25) is 0 Å². The Bertz CT molecular complexity index is 631. The summed E-state index contributed by atoms with van der Waals surface area (Å²) in [7, 11) is 0. The number of aryl methyl sites for hydroxylation is 1. The van der Waals surface area contributed by atoms with Gasteiger partial charge in [-0.1, -0.05) is 46.3 Å². The molecule has 0 heterocycles. The van der Waals surface area contributed by atoms with E-state index in [-0.39, 0.29) is 16.7 Å². The predicted molar refractivity (Wildman–Crippen MR) is 87.2 cm³/mol. The number of benzene rings is 2. The molecule has 0 saturated carbocycles. The number of rotatable bonds is 6. The smallest absolute Gasteiger partial charge is 0.272 e. The van der Waals surface area contributed by atoms with E-state index in [0.29, 0.717) is 6.42 Å². The molecular formula is C16H17BrN2O2. The van der Waals surface area contributed by atoms with Crippen molar-refractivity contribution >= 4 is 21.6 Å². The van der Waals surface area contributed by atoms with Crippen LogP contribution in [0.25, 0.3) is 0 Å². The zero-order valence-electron chi connectivity index (χ0n) is 11.5. The largest absolute Gasteiger partial charge is 0.327 e. The lowest BCUT2D eigenvalue weighted by Gasteiger charge is -2.12. The monoisotopic (exact) mass is 348 g/mol. The molecule has 2 rings (SSSR count). The van der Waals surface area contributed by atoms with Gasteiger partial charge in [-0.3, -0.25) is 10.1 Å². The van der Waals surface area contributed by atoms with Crippen molar-refractivity contribution in [1.29, 1.82) is 0 Å². The highest BCUT2D eigenvalue weighted by Gasteiger charge is 2.13. The Kier molecular flexibility index (Phi) is 5.47. The van der Waals surface area contributed by atoms with E-state index >= 15 is 0 Å². The third kappa shape index (κ3) is 4.65. The highest BCUT2D eigenvalue weighted by atomic mass is 79.9. The summed E-state index contributed by atoms with van der Waals surface area (Å²) in [6, 6.07) is 14.9. The number of nitro groups is 1. The molecule has 0 aromatic heterocycles. The molecule has 0 aliphatic carbocycles. The summed E-state index contributed by atoms with van der Waals surface area (Å²) in [6.07, 6.45) is 2.10. The molecule has 2 aromatic rings. The molecule has 0 radical (unpaired) electrons. The van der Waals surface area contributed by atoms with Gasteiger partial charge in [0.15, 0.2) is 0 Å². The molecule has 0 saturated heterocycles. The van der Waals surface area contributed by atoms with Crippen molar-refractivity contribution < 1.29 is 4.92 Å². The van der Waals surface area contributed by atoms with Crippen LogP contribution in [-0.4, -0.2) is 11.0 Å². The second-order valence-corrected chi connectivity index (χ2v) is 5.93. The minimum absolute atomic E-state index is 0.0147. The van der Waals surface area contributed by atoms with E-state index in [9.17, 15) is 10.1 Å². The van der Waals surface area contributed by atoms with Gasteiger partial charge in [0.25, 0.3) is 5.69 Å². The Labute approximate surface area is 132 Å². The second kappa shape index (κ2) is 7.33. The molecule has 2 aromatic carbocycles. The maximum Gasteiger partial charge on any atom is 0.272 e. The molecule has 21 heavy (non-hydrogen) atoms. The Hall–Kier alpha value is -1.72. The molecule has 0 amide bonds. The number of hydrogen-bond donors (Lipinski definition) is 1. The number of nitro benzene ring substituents is 1. The van der Waals surface area contributed by atoms with Crippen LogP contribution in [0.4, 0.5) is 5.69 Å². The Morgan fingerprint density at radius 2 is 1.95 bits per heavy atom. The lowest BCUT2D eigenvalue weighted by atomic mass is 9.99. The molecule has 2 N–H and O–H groups in total. The van der Waals surface area contributed by atoms with Gasteiger partial charge in [0.1, 0.15) is 0 Å². The first-order valence-electron chi connectivity index (χ1n) is 6.78. The number of hydrogen-bond acceptors (Lipinski definition) is 3. The average molecular weight is 349 g/mol. The fourth-order valence-electron chi connectivity index (χ4n) is 2.31. The fraction of sp³-hybridized carbons (Fsp3) is 0.250. The fourth-order valence-corrected chi connectivity index (χ4v) is 2.76. The summed E-state index contributed by atoms with van der Waals surface area (Å²) in [5.74, 6) is 0. The number of nitrogens with zero attached hydrogens (tertiary/aromatic N) is 1. The Balaban J connectivity index is 1.95. The Morgan fingerprint density at radius 1 is 1.19 bits per heavy atom. The SMILES string of the molecule is NC(CCc1ccccc1[N+](=O)[O-])Cc1cccc(Br)c1. The van der Waals surface area contributed by atoms with Gasteiger partial charge in [0.2, 0.25) is 0 Å². The highest BCUT2D eigenvalue weighted by Crippen LogP contribution is 2.20. The van der Waals surface area contributed by atoms with Crippen LogP contribution in [0.15, 0.2) is 53.0 Å². The lowest BCUT2D eigenvalue weighted by molar-refractivity contribution is -0.385. The zero-order chi connectivity index (χ0) is 15.2. The maximum absolute atomic E-state index is 11.0. The zero-order valence-corrected chi connectivity index (χ0v) is 13.1. The molecule has 0 fully saturated rings. The van der Waals surface area contributed by atoms with E-state index in [1.54, 1.807) is 12.1 Å². The third-order valence-corrected chi connectivity index (χ3v) is 3.85. The van der Waals surface area contributed by atoms with Crippen molar-refractivity contribution in [3.63, 3.8) is 0 Å². The van der Waals surface area contributed by atoms with Crippen molar-refractivity contribution in [3.8, 4) is 0 Å². The van der Waals surface area contributed by atoms with Gasteiger partial charge in [-0.15, -0.1) is 0 Å². The van der Waals surface area contributed by atoms with Crippen LogP contribution in [0.5, 0.6) is 0 Å². The van der Waals surface area contributed by atoms with Gasteiger partial charge in [-0.2, -0.15) is 0 Å². The summed E-state index contributed by atoms with van der Waals surface area (Å²) in [6.45, 7) is 0. The molecular weight excluding hydrogens is 332 g/mol.